The molecular weight excluding hydrogens is 418 g/mol. The lowest BCUT2D eigenvalue weighted by Crippen LogP contribution is -2.54. The van der Waals surface area contributed by atoms with E-state index in [-0.39, 0.29) is 18.4 Å². The largest absolute Gasteiger partial charge is 0.465 e. The van der Waals surface area contributed by atoms with Crippen molar-refractivity contribution in [2.45, 2.75) is 64.3 Å². The molecule has 1 saturated heterocycles. The fourth-order valence-electron chi connectivity index (χ4n) is 5.11. The summed E-state index contributed by atoms with van der Waals surface area (Å²) in [6.07, 6.45) is 5.97. The van der Waals surface area contributed by atoms with Crippen molar-refractivity contribution in [2.75, 3.05) is 19.0 Å². The van der Waals surface area contributed by atoms with Crippen LogP contribution in [0.2, 0.25) is 0 Å². The van der Waals surface area contributed by atoms with E-state index in [1.807, 2.05) is 6.92 Å². The number of esters is 1. The predicted molar refractivity (Wildman–Crippen MR) is 116 cm³/mol. The molecule has 1 aromatic rings. The van der Waals surface area contributed by atoms with Crippen LogP contribution in [-0.4, -0.2) is 47.9 Å². The summed E-state index contributed by atoms with van der Waals surface area (Å²) >= 11 is 1.38. The third kappa shape index (κ3) is 3.73. The van der Waals surface area contributed by atoms with Crippen LogP contribution >= 0.6 is 11.3 Å². The van der Waals surface area contributed by atoms with E-state index < -0.39 is 23.4 Å². The van der Waals surface area contributed by atoms with E-state index in [9.17, 15) is 19.2 Å². The van der Waals surface area contributed by atoms with Gasteiger partial charge in [-0.05, 0) is 49.5 Å². The van der Waals surface area contributed by atoms with Gasteiger partial charge in [0.25, 0.3) is 5.91 Å². The van der Waals surface area contributed by atoms with E-state index in [0.717, 1.165) is 53.9 Å². The number of methoxy groups -OCH3 is 1. The summed E-state index contributed by atoms with van der Waals surface area (Å²) in [6.45, 7) is 3.76. The zero-order valence-electron chi connectivity index (χ0n) is 18.2. The van der Waals surface area contributed by atoms with Gasteiger partial charge >= 0.3 is 12.0 Å². The first-order valence-electron chi connectivity index (χ1n) is 10.9. The standard InChI is InChI=1S/C22H29N3O5S/c1-12-7-8-14-15(10-12)31-18(17(14)19(27)30-3)23-16(26)11-25-20(28)22(24-21(25)29)9-5-4-6-13(22)2/h12-13H,4-11H2,1-3H3,(H,23,26)(H,24,29)/t12-,13+,22+/m1/s1. The van der Waals surface area contributed by atoms with Crippen molar-refractivity contribution in [3.05, 3.63) is 16.0 Å². The van der Waals surface area contributed by atoms with E-state index in [0.29, 0.717) is 22.9 Å². The lowest BCUT2D eigenvalue weighted by Gasteiger charge is -2.36. The number of anilines is 1. The van der Waals surface area contributed by atoms with E-state index in [1.165, 1.54) is 18.4 Å². The van der Waals surface area contributed by atoms with Gasteiger partial charge in [-0.25, -0.2) is 9.59 Å². The van der Waals surface area contributed by atoms with Crippen LogP contribution in [0.1, 0.15) is 66.8 Å². The second kappa shape index (κ2) is 8.26. The SMILES string of the molecule is COC(=O)c1c(NC(=O)CN2C(=O)N[C@]3(CCCC[C@@H]3C)C2=O)sc2c1CC[C@@H](C)C2. The number of ether oxygens (including phenoxy) is 1. The molecule has 2 N–H and O–H groups in total. The molecule has 3 atom stereocenters. The Kier molecular flexibility index (Phi) is 5.81. The summed E-state index contributed by atoms with van der Waals surface area (Å²) in [5.74, 6) is -0.761. The summed E-state index contributed by atoms with van der Waals surface area (Å²) in [6, 6.07) is -0.526. The van der Waals surface area contributed by atoms with Gasteiger partial charge in [0.05, 0.1) is 12.7 Å². The Balaban J connectivity index is 1.52. The Bertz CT molecular complexity index is 942. The topological polar surface area (TPSA) is 105 Å². The number of hydrogen-bond acceptors (Lipinski definition) is 6. The lowest BCUT2D eigenvalue weighted by molar-refractivity contribution is -0.136. The van der Waals surface area contributed by atoms with Crippen molar-refractivity contribution < 1.29 is 23.9 Å². The third-order valence-corrected chi connectivity index (χ3v) is 8.13. The summed E-state index contributed by atoms with van der Waals surface area (Å²) in [5, 5.41) is 6.06. The summed E-state index contributed by atoms with van der Waals surface area (Å²) < 4.78 is 4.95. The third-order valence-electron chi connectivity index (χ3n) is 6.96. The minimum absolute atomic E-state index is 0.0303. The number of amides is 4. The van der Waals surface area contributed by atoms with Crippen LogP contribution in [-0.2, 0) is 27.2 Å². The number of nitrogens with one attached hydrogen (secondary N) is 2. The molecule has 2 heterocycles. The van der Waals surface area contributed by atoms with Crippen LogP contribution in [0, 0.1) is 11.8 Å². The zero-order valence-corrected chi connectivity index (χ0v) is 19.0. The molecule has 9 heteroatoms. The molecule has 0 radical (unpaired) electrons. The first-order chi connectivity index (χ1) is 14.8. The van der Waals surface area contributed by atoms with Crippen molar-refractivity contribution in [3.63, 3.8) is 0 Å². The maximum Gasteiger partial charge on any atom is 0.341 e. The van der Waals surface area contributed by atoms with Crippen LogP contribution in [0.5, 0.6) is 0 Å². The van der Waals surface area contributed by atoms with Crippen molar-refractivity contribution in [2.24, 2.45) is 11.8 Å². The number of thiophene rings is 1. The first-order valence-corrected chi connectivity index (χ1v) is 11.7. The Morgan fingerprint density at radius 1 is 1.26 bits per heavy atom. The average Bonchev–Trinajstić information content (AvgIpc) is 3.19. The van der Waals surface area contributed by atoms with Crippen LogP contribution < -0.4 is 10.6 Å². The number of carbonyl (C=O) groups excluding carboxylic acids is 4. The smallest absolute Gasteiger partial charge is 0.341 e. The van der Waals surface area contributed by atoms with Crippen molar-refractivity contribution in [3.8, 4) is 0 Å². The zero-order chi connectivity index (χ0) is 22.3. The Morgan fingerprint density at radius 2 is 2.03 bits per heavy atom. The monoisotopic (exact) mass is 447 g/mol. The summed E-state index contributed by atoms with van der Waals surface area (Å²) in [7, 11) is 1.32. The number of fused-ring (bicyclic) bond motifs is 1. The van der Waals surface area contributed by atoms with Crippen LogP contribution in [0.25, 0.3) is 0 Å². The molecule has 2 fully saturated rings. The number of rotatable bonds is 4. The quantitative estimate of drug-likeness (QED) is 0.545. The van der Waals surface area contributed by atoms with Gasteiger partial charge in [0.2, 0.25) is 5.91 Å². The van der Waals surface area contributed by atoms with Gasteiger partial charge in [0.1, 0.15) is 17.1 Å². The number of urea groups is 1. The minimum Gasteiger partial charge on any atom is -0.465 e. The molecule has 0 aromatic carbocycles. The van der Waals surface area contributed by atoms with E-state index in [2.05, 4.69) is 17.6 Å². The number of carbonyl (C=O) groups is 4. The Labute approximate surface area is 185 Å². The van der Waals surface area contributed by atoms with E-state index in [1.54, 1.807) is 0 Å². The average molecular weight is 448 g/mol. The van der Waals surface area contributed by atoms with Gasteiger partial charge in [0.15, 0.2) is 0 Å². The van der Waals surface area contributed by atoms with Gasteiger partial charge in [0, 0.05) is 4.88 Å². The molecule has 0 unspecified atom stereocenters. The maximum absolute atomic E-state index is 13.1. The van der Waals surface area contributed by atoms with E-state index in [4.69, 9.17) is 4.74 Å². The molecule has 1 aliphatic heterocycles. The molecule has 1 saturated carbocycles. The van der Waals surface area contributed by atoms with Crippen molar-refractivity contribution in [1.82, 2.24) is 10.2 Å². The van der Waals surface area contributed by atoms with Gasteiger partial charge < -0.3 is 15.4 Å². The molecule has 3 aliphatic rings. The molecule has 1 aromatic heterocycles. The molecule has 4 rings (SSSR count). The van der Waals surface area contributed by atoms with Crippen LogP contribution in [0.3, 0.4) is 0 Å². The van der Waals surface area contributed by atoms with Crippen LogP contribution in [0.4, 0.5) is 9.80 Å². The number of hydrogen-bond donors (Lipinski definition) is 2. The van der Waals surface area contributed by atoms with Crippen LogP contribution in [0.15, 0.2) is 0 Å². The molecule has 0 bridgehead atoms. The number of imide groups is 1. The van der Waals surface area contributed by atoms with E-state index >= 15 is 0 Å². The predicted octanol–water partition coefficient (Wildman–Crippen LogP) is 3.10. The second-order valence-electron chi connectivity index (χ2n) is 9.04. The highest BCUT2D eigenvalue weighted by molar-refractivity contribution is 7.17. The molecule has 2 aliphatic carbocycles. The molecule has 168 valence electrons. The van der Waals surface area contributed by atoms with Gasteiger partial charge in [-0.1, -0.05) is 26.7 Å². The highest BCUT2D eigenvalue weighted by atomic mass is 32.1. The highest BCUT2D eigenvalue weighted by Crippen LogP contribution is 2.41. The summed E-state index contributed by atoms with van der Waals surface area (Å²) in [4.78, 5) is 53.0. The van der Waals surface area contributed by atoms with Gasteiger partial charge in [-0.15, -0.1) is 11.3 Å². The molecular formula is C22H29N3O5S. The second-order valence-corrected chi connectivity index (χ2v) is 10.1. The minimum atomic E-state index is -0.898. The fraction of sp³-hybridized carbons (Fsp3) is 0.636. The summed E-state index contributed by atoms with van der Waals surface area (Å²) in [5.41, 5.74) is 0.442. The number of nitrogens with zero attached hydrogens (tertiary/aromatic N) is 1. The van der Waals surface area contributed by atoms with Crippen molar-refractivity contribution in [1.29, 1.82) is 0 Å². The van der Waals surface area contributed by atoms with Gasteiger partial charge in [-0.3, -0.25) is 14.5 Å². The molecule has 1 spiro atoms. The van der Waals surface area contributed by atoms with Crippen molar-refractivity contribution >= 4 is 40.2 Å². The van der Waals surface area contributed by atoms with Gasteiger partial charge in [-0.2, -0.15) is 0 Å². The highest BCUT2D eigenvalue weighted by Gasteiger charge is 2.55. The maximum atomic E-state index is 13.1. The lowest BCUT2D eigenvalue weighted by atomic mass is 9.73. The Hall–Kier alpha value is -2.42. The Morgan fingerprint density at radius 3 is 2.74 bits per heavy atom. The fourth-order valence-corrected chi connectivity index (χ4v) is 6.52. The molecule has 31 heavy (non-hydrogen) atoms. The normalized spacial score (nSPS) is 27.8. The molecule has 8 nitrogen and oxygen atoms in total. The first kappa shape index (κ1) is 21.8. The molecule has 4 amide bonds.